The predicted octanol–water partition coefficient (Wildman–Crippen LogP) is 3.67. The highest BCUT2D eigenvalue weighted by Crippen LogP contribution is 2.42. The first-order valence-corrected chi connectivity index (χ1v) is 8.63. The van der Waals surface area contributed by atoms with E-state index >= 15 is 0 Å². The Morgan fingerprint density at radius 1 is 1.00 bits per heavy atom. The molecule has 1 saturated carbocycles. The van der Waals surface area contributed by atoms with Crippen LogP contribution in [0, 0.1) is 11.3 Å². The molecule has 19 heavy (non-hydrogen) atoms. The first kappa shape index (κ1) is 15.3. The number of nitrogens with zero attached hydrogens (tertiary/aromatic N) is 1. The molecule has 2 fully saturated rings. The van der Waals surface area contributed by atoms with Gasteiger partial charge in [-0.1, -0.05) is 33.1 Å². The summed E-state index contributed by atoms with van der Waals surface area (Å²) in [6.07, 6.45) is 11.5. The molecule has 0 aromatic heterocycles. The van der Waals surface area contributed by atoms with Crippen LogP contribution >= 0.6 is 0 Å². The second-order valence-corrected chi connectivity index (χ2v) is 7.38. The fraction of sp³-hybridized carbons (Fsp3) is 1.00. The van der Waals surface area contributed by atoms with Gasteiger partial charge in [0.1, 0.15) is 0 Å². The van der Waals surface area contributed by atoms with Crippen LogP contribution in [0.5, 0.6) is 0 Å². The third kappa shape index (κ3) is 5.07. The van der Waals surface area contributed by atoms with Gasteiger partial charge in [-0.15, -0.1) is 0 Å². The molecule has 0 aromatic carbocycles. The molecular weight excluding hydrogens is 232 g/mol. The molecule has 0 bridgehead atoms. The number of likely N-dealkylation sites (tertiary alicyclic amines) is 1. The lowest BCUT2D eigenvalue weighted by atomic mass is 9.78. The highest BCUT2D eigenvalue weighted by Gasteiger charge is 2.33. The van der Waals surface area contributed by atoms with Gasteiger partial charge in [0.15, 0.2) is 0 Å². The number of hydrogen-bond acceptors (Lipinski definition) is 2. The molecule has 0 amide bonds. The third-order valence-electron chi connectivity index (χ3n) is 5.06. The van der Waals surface area contributed by atoms with Crippen LogP contribution in [0.4, 0.5) is 0 Å². The lowest BCUT2D eigenvalue weighted by Gasteiger charge is -2.32. The lowest BCUT2D eigenvalue weighted by molar-refractivity contribution is 0.203. The molecule has 0 spiro atoms. The third-order valence-corrected chi connectivity index (χ3v) is 5.06. The fourth-order valence-corrected chi connectivity index (χ4v) is 4.22. The van der Waals surface area contributed by atoms with Gasteiger partial charge < -0.3 is 10.2 Å². The monoisotopic (exact) mass is 266 g/mol. The summed E-state index contributed by atoms with van der Waals surface area (Å²) >= 11 is 0. The summed E-state index contributed by atoms with van der Waals surface area (Å²) < 4.78 is 0. The molecule has 0 atom stereocenters. The molecule has 1 N–H and O–H groups in total. The molecule has 0 aromatic rings. The van der Waals surface area contributed by atoms with Gasteiger partial charge in [-0.25, -0.2) is 0 Å². The van der Waals surface area contributed by atoms with Crippen LogP contribution < -0.4 is 5.32 Å². The van der Waals surface area contributed by atoms with Crippen LogP contribution in [-0.4, -0.2) is 37.6 Å². The minimum absolute atomic E-state index is 0.635. The summed E-state index contributed by atoms with van der Waals surface area (Å²) in [6, 6.07) is 0. The Morgan fingerprint density at radius 3 is 2.32 bits per heavy atom. The fourth-order valence-electron chi connectivity index (χ4n) is 4.22. The molecule has 1 heterocycles. The van der Waals surface area contributed by atoms with Gasteiger partial charge >= 0.3 is 0 Å². The first-order valence-electron chi connectivity index (χ1n) is 8.63. The zero-order chi connectivity index (χ0) is 13.6. The van der Waals surface area contributed by atoms with Crippen molar-refractivity contribution in [2.75, 3.05) is 32.7 Å². The summed E-state index contributed by atoms with van der Waals surface area (Å²) in [4.78, 5) is 2.64. The summed E-state index contributed by atoms with van der Waals surface area (Å²) in [5.41, 5.74) is 0.635. The van der Waals surface area contributed by atoms with Gasteiger partial charge in [0.2, 0.25) is 0 Å². The quantitative estimate of drug-likeness (QED) is 0.707. The van der Waals surface area contributed by atoms with E-state index in [2.05, 4.69) is 24.1 Å². The zero-order valence-corrected chi connectivity index (χ0v) is 13.2. The average molecular weight is 266 g/mol. The second kappa shape index (κ2) is 7.64. The summed E-state index contributed by atoms with van der Waals surface area (Å²) in [5, 5.41) is 3.78. The van der Waals surface area contributed by atoms with E-state index in [9.17, 15) is 0 Å². The smallest absolute Gasteiger partial charge is 0.0107 e. The lowest BCUT2D eigenvalue weighted by Crippen LogP contribution is -2.39. The summed E-state index contributed by atoms with van der Waals surface area (Å²) in [6.45, 7) is 11.1. The maximum Gasteiger partial charge on any atom is 0.0107 e. The van der Waals surface area contributed by atoms with E-state index in [-0.39, 0.29) is 0 Å². The van der Waals surface area contributed by atoms with Crippen LogP contribution in [0.25, 0.3) is 0 Å². The molecule has 112 valence electrons. The van der Waals surface area contributed by atoms with Crippen molar-refractivity contribution < 1.29 is 0 Å². The Balaban J connectivity index is 1.64. The van der Waals surface area contributed by atoms with E-state index in [1.165, 1.54) is 84.1 Å². The van der Waals surface area contributed by atoms with E-state index < -0.39 is 0 Å². The van der Waals surface area contributed by atoms with Crippen molar-refractivity contribution in [2.24, 2.45) is 11.3 Å². The van der Waals surface area contributed by atoms with Crippen LogP contribution in [0.3, 0.4) is 0 Å². The average Bonchev–Trinajstić information content (AvgIpc) is 2.84. The minimum atomic E-state index is 0.635. The van der Waals surface area contributed by atoms with Gasteiger partial charge in [-0.2, -0.15) is 0 Å². The van der Waals surface area contributed by atoms with Crippen molar-refractivity contribution >= 4 is 0 Å². The predicted molar refractivity (Wildman–Crippen MR) is 83.5 cm³/mol. The Bertz CT molecular complexity index is 238. The van der Waals surface area contributed by atoms with Crippen molar-refractivity contribution in [1.29, 1.82) is 0 Å². The Kier molecular flexibility index (Phi) is 6.15. The van der Waals surface area contributed by atoms with E-state index in [1.807, 2.05) is 0 Å². The van der Waals surface area contributed by atoms with Gasteiger partial charge in [0.05, 0.1) is 0 Å². The van der Waals surface area contributed by atoms with Crippen LogP contribution in [0.2, 0.25) is 0 Å². The van der Waals surface area contributed by atoms with Gasteiger partial charge in [-0.3, -0.25) is 0 Å². The standard InChI is InChI=1S/C17H34N2/c1-16(2)14-17(8-4-5-9-17)15-18-10-13-19-11-6-3-7-12-19/h16,18H,3-15H2,1-2H3. The molecule has 1 aliphatic heterocycles. The topological polar surface area (TPSA) is 15.3 Å². The van der Waals surface area contributed by atoms with E-state index in [4.69, 9.17) is 0 Å². The molecular formula is C17H34N2. The normalized spacial score (nSPS) is 24.2. The van der Waals surface area contributed by atoms with Crippen LogP contribution in [0.15, 0.2) is 0 Å². The summed E-state index contributed by atoms with van der Waals surface area (Å²) in [7, 11) is 0. The first-order chi connectivity index (χ1) is 9.20. The van der Waals surface area contributed by atoms with Crippen LogP contribution in [0.1, 0.15) is 65.2 Å². The van der Waals surface area contributed by atoms with E-state index in [0.29, 0.717) is 5.41 Å². The highest BCUT2D eigenvalue weighted by atomic mass is 15.1. The number of piperidine rings is 1. The Labute approximate surface area is 120 Å². The second-order valence-electron chi connectivity index (χ2n) is 7.38. The van der Waals surface area contributed by atoms with Crippen molar-refractivity contribution in [2.45, 2.75) is 65.2 Å². The highest BCUT2D eigenvalue weighted by molar-refractivity contribution is 4.87. The summed E-state index contributed by atoms with van der Waals surface area (Å²) in [5.74, 6) is 0.849. The molecule has 0 radical (unpaired) electrons. The van der Waals surface area contributed by atoms with Gasteiger partial charge in [0, 0.05) is 19.6 Å². The maximum absolute atomic E-state index is 3.78. The molecule has 1 aliphatic carbocycles. The van der Waals surface area contributed by atoms with Crippen molar-refractivity contribution in [3.63, 3.8) is 0 Å². The molecule has 2 aliphatic rings. The maximum atomic E-state index is 3.78. The number of hydrogen-bond donors (Lipinski definition) is 1. The Hall–Kier alpha value is -0.0800. The zero-order valence-electron chi connectivity index (χ0n) is 13.2. The largest absolute Gasteiger partial charge is 0.315 e. The van der Waals surface area contributed by atoms with Crippen LogP contribution in [-0.2, 0) is 0 Å². The van der Waals surface area contributed by atoms with E-state index in [0.717, 1.165) is 5.92 Å². The van der Waals surface area contributed by atoms with E-state index in [1.54, 1.807) is 0 Å². The van der Waals surface area contributed by atoms with Crippen molar-refractivity contribution in [1.82, 2.24) is 10.2 Å². The van der Waals surface area contributed by atoms with Gasteiger partial charge in [-0.05, 0) is 56.5 Å². The molecule has 2 nitrogen and oxygen atoms in total. The molecule has 1 saturated heterocycles. The Morgan fingerprint density at radius 2 is 1.68 bits per heavy atom. The van der Waals surface area contributed by atoms with Crippen molar-refractivity contribution in [3.8, 4) is 0 Å². The number of rotatable bonds is 7. The minimum Gasteiger partial charge on any atom is -0.315 e. The number of nitrogens with one attached hydrogen (secondary N) is 1. The molecule has 0 unspecified atom stereocenters. The van der Waals surface area contributed by atoms with Crippen molar-refractivity contribution in [3.05, 3.63) is 0 Å². The van der Waals surface area contributed by atoms with Gasteiger partial charge in [0.25, 0.3) is 0 Å². The molecule has 2 heteroatoms. The SMILES string of the molecule is CC(C)CC1(CNCCN2CCCCC2)CCCC1. The molecule has 2 rings (SSSR count).